The van der Waals surface area contributed by atoms with Crippen LogP contribution >= 0.6 is 0 Å². The second-order valence-electron chi connectivity index (χ2n) is 3.27. The molecule has 0 N–H and O–H groups in total. The standard InChI is InChI=1S/C12H14O/c1-3-7-11(8-4-1)13-12-9-5-2-6-10-12/h1-3,5,8,10H,4,6-7,9H2. The third-order valence-electron chi connectivity index (χ3n) is 2.20. The van der Waals surface area contributed by atoms with Gasteiger partial charge in [-0.1, -0.05) is 24.3 Å². The Morgan fingerprint density at radius 1 is 0.769 bits per heavy atom. The maximum Gasteiger partial charge on any atom is 0.104 e. The Bertz CT molecular complexity index is 262. The van der Waals surface area contributed by atoms with E-state index in [-0.39, 0.29) is 0 Å². The molecule has 0 fully saturated rings. The van der Waals surface area contributed by atoms with Crippen molar-refractivity contribution in [3.8, 4) is 0 Å². The van der Waals surface area contributed by atoms with Crippen LogP contribution in [0.4, 0.5) is 0 Å². The second-order valence-corrected chi connectivity index (χ2v) is 3.27. The summed E-state index contributed by atoms with van der Waals surface area (Å²) in [5, 5.41) is 0. The fourth-order valence-electron chi connectivity index (χ4n) is 1.49. The smallest absolute Gasteiger partial charge is 0.104 e. The molecule has 1 heteroatoms. The molecule has 0 saturated carbocycles. The topological polar surface area (TPSA) is 9.23 Å². The minimum absolute atomic E-state index is 0.945. The van der Waals surface area contributed by atoms with E-state index in [9.17, 15) is 0 Å². The van der Waals surface area contributed by atoms with Crippen LogP contribution in [0, 0.1) is 0 Å². The predicted molar refractivity (Wildman–Crippen MR) is 54.0 cm³/mol. The van der Waals surface area contributed by atoms with Gasteiger partial charge in [0.2, 0.25) is 0 Å². The Balaban J connectivity index is 1.90. The lowest BCUT2D eigenvalue weighted by atomic mass is 10.1. The van der Waals surface area contributed by atoms with Crippen molar-refractivity contribution < 1.29 is 4.74 Å². The summed E-state index contributed by atoms with van der Waals surface area (Å²) in [6, 6.07) is 0. The zero-order chi connectivity index (χ0) is 8.93. The molecule has 0 unspecified atom stereocenters. The molecule has 0 aromatic heterocycles. The Morgan fingerprint density at radius 2 is 1.31 bits per heavy atom. The highest BCUT2D eigenvalue weighted by Gasteiger charge is 2.04. The van der Waals surface area contributed by atoms with Crippen molar-refractivity contribution in [1.82, 2.24) is 0 Å². The van der Waals surface area contributed by atoms with Crippen molar-refractivity contribution in [2.75, 3.05) is 0 Å². The molecule has 0 spiro atoms. The largest absolute Gasteiger partial charge is 0.466 e. The van der Waals surface area contributed by atoms with Crippen molar-refractivity contribution in [2.45, 2.75) is 25.7 Å². The highest BCUT2D eigenvalue weighted by molar-refractivity contribution is 5.15. The lowest BCUT2D eigenvalue weighted by molar-refractivity contribution is 0.286. The molecule has 1 nitrogen and oxygen atoms in total. The van der Waals surface area contributed by atoms with Crippen molar-refractivity contribution in [2.24, 2.45) is 0 Å². The van der Waals surface area contributed by atoms with Crippen LogP contribution in [0.2, 0.25) is 0 Å². The summed E-state index contributed by atoms with van der Waals surface area (Å²) >= 11 is 0. The molecule has 68 valence electrons. The lowest BCUT2D eigenvalue weighted by Gasteiger charge is -2.14. The molecule has 2 aliphatic rings. The fourth-order valence-corrected chi connectivity index (χ4v) is 1.49. The summed E-state index contributed by atoms with van der Waals surface area (Å²) in [5.41, 5.74) is 0. The van der Waals surface area contributed by atoms with Crippen molar-refractivity contribution in [3.05, 3.63) is 48.0 Å². The highest BCUT2D eigenvalue weighted by atomic mass is 16.5. The van der Waals surface area contributed by atoms with Gasteiger partial charge in [0.1, 0.15) is 11.5 Å². The van der Waals surface area contributed by atoms with E-state index in [0.717, 1.165) is 37.2 Å². The summed E-state index contributed by atoms with van der Waals surface area (Å²) in [5.74, 6) is 2.20. The first-order valence-corrected chi connectivity index (χ1v) is 4.81. The van der Waals surface area contributed by atoms with Gasteiger partial charge in [0.05, 0.1) is 0 Å². The Hall–Kier alpha value is -1.24. The first-order valence-electron chi connectivity index (χ1n) is 4.81. The van der Waals surface area contributed by atoms with Crippen LogP contribution in [0.1, 0.15) is 25.7 Å². The van der Waals surface area contributed by atoms with Crippen molar-refractivity contribution in [3.63, 3.8) is 0 Å². The summed E-state index contributed by atoms with van der Waals surface area (Å²) in [6.45, 7) is 0. The van der Waals surface area contributed by atoms with Crippen LogP contribution in [0.25, 0.3) is 0 Å². The number of hydrogen-bond donors (Lipinski definition) is 0. The van der Waals surface area contributed by atoms with Crippen LogP contribution in [0.15, 0.2) is 48.0 Å². The second kappa shape index (κ2) is 4.13. The van der Waals surface area contributed by atoms with Crippen molar-refractivity contribution in [1.29, 1.82) is 0 Å². The van der Waals surface area contributed by atoms with Gasteiger partial charge >= 0.3 is 0 Å². The van der Waals surface area contributed by atoms with Crippen LogP contribution in [-0.2, 0) is 4.74 Å². The van der Waals surface area contributed by atoms with E-state index in [4.69, 9.17) is 4.74 Å². The molecule has 13 heavy (non-hydrogen) atoms. The maximum atomic E-state index is 5.75. The molecule has 0 heterocycles. The van der Waals surface area contributed by atoms with E-state index in [1.807, 2.05) is 0 Å². The quantitative estimate of drug-likeness (QED) is 0.582. The SMILES string of the molecule is C1=CCC(OC2=CCC=CC2)=CC1. The predicted octanol–water partition coefficient (Wildman–Crippen LogP) is 3.47. The molecule has 0 saturated heterocycles. The lowest BCUT2D eigenvalue weighted by Crippen LogP contribution is -1.96. The van der Waals surface area contributed by atoms with Gasteiger partial charge in [-0.05, 0) is 25.0 Å². The molecule has 0 bridgehead atoms. The first-order chi connectivity index (χ1) is 6.45. The molecule has 2 rings (SSSR count). The van der Waals surface area contributed by atoms with Gasteiger partial charge in [0.25, 0.3) is 0 Å². The molecule has 0 amide bonds. The Kier molecular flexibility index (Phi) is 2.65. The molecular formula is C12H14O. The Morgan fingerprint density at radius 3 is 1.69 bits per heavy atom. The fraction of sp³-hybridized carbons (Fsp3) is 0.333. The molecule has 0 aromatic carbocycles. The monoisotopic (exact) mass is 174 g/mol. The van der Waals surface area contributed by atoms with E-state index in [2.05, 4.69) is 36.5 Å². The minimum atomic E-state index is 0.945. The molecule has 0 aliphatic heterocycles. The molecule has 2 aliphatic carbocycles. The van der Waals surface area contributed by atoms with Gasteiger partial charge in [-0.3, -0.25) is 0 Å². The highest BCUT2D eigenvalue weighted by Crippen LogP contribution is 2.20. The number of rotatable bonds is 2. The van der Waals surface area contributed by atoms with Crippen molar-refractivity contribution >= 4 is 0 Å². The summed E-state index contributed by atoms with van der Waals surface area (Å²) in [7, 11) is 0. The zero-order valence-corrected chi connectivity index (χ0v) is 7.70. The number of hydrogen-bond acceptors (Lipinski definition) is 1. The zero-order valence-electron chi connectivity index (χ0n) is 7.70. The number of ether oxygens (including phenoxy) is 1. The number of allylic oxidation sites excluding steroid dienone is 6. The van der Waals surface area contributed by atoms with E-state index in [0.29, 0.717) is 0 Å². The molecule has 0 radical (unpaired) electrons. The minimum Gasteiger partial charge on any atom is -0.466 e. The molecular weight excluding hydrogens is 160 g/mol. The van der Waals surface area contributed by atoms with Crippen LogP contribution in [-0.4, -0.2) is 0 Å². The average Bonchev–Trinajstić information content (AvgIpc) is 2.21. The van der Waals surface area contributed by atoms with Gasteiger partial charge in [0, 0.05) is 12.8 Å². The Labute approximate surface area is 79.1 Å². The van der Waals surface area contributed by atoms with E-state index in [1.165, 1.54) is 0 Å². The summed E-state index contributed by atoms with van der Waals surface area (Å²) < 4.78 is 5.75. The van der Waals surface area contributed by atoms with Crippen LogP contribution in [0.5, 0.6) is 0 Å². The van der Waals surface area contributed by atoms with E-state index in [1.54, 1.807) is 0 Å². The van der Waals surface area contributed by atoms with E-state index >= 15 is 0 Å². The normalized spacial score (nSPS) is 20.9. The van der Waals surface area contributed by atoms with Gasteiger partial charge in [-0.2, -0.15) is 0 Å². The van der Waals surface area contributed by atoms with Gasteiger partial charge in [0.15, 0.2) is 0 Å². The van der Waals surface area contributed by atoms with Gasteiger partial charge in [-0.15, -0.1) is 0 Å². The van der Waals surface area contributed by atoms with E-state index < -0.39 is 0 Å². The maximum absolute atomic E-state index is 5.75. The third-order valence-corrected chi connectivity index (χ3v) is 2.20. The van der Waals surface area contributed by atoms with Gasteiger partial charge < -0.3 is 4.74 Å². The van der Waals surface area contributed by atoms with Gasteiger partial charge in [-0.25, -0.2) is 0 Å². The summed E-state index contributed by atoms with van der Waals surface area (Å²) in [4.78, 5) is 0. The third kappa shape index (κ3) is 2.35. The summed E-state index contributed by atoms with van der Waals surface area (Å²) in [6.07, 6.45) is 16.9. The molecule has 0 aromatic rings. The molecule has 0 atom stereocenters. The van der Waals surface area contributed by atoms with Crippen LogP contribution in [0.3, 0.4) is 0 Å². The van der Waals surface area contributed by atoms with Crippen LogP contribution < -0.4 is 0 Å². The first kappa shape index (κ1) is 8.36. The average molecular weight is 174 g/mol.